The molecule has 1 heterocycles. The lowest BCUT2D eigenvalue weighted by Crippen LogP contribution is -2.33. The lowest BCUT2D eigenvalue weighted by molar-refractivity contribution is 0.649. The highest BCUT2D eigenvalue weighted by molar-refractivity contribution is 5.54. The number of aromatic nitrogens is 1. The highest BCUT2D eigenvalue weighted by Crippen LogP contribution is 2.25. The third kappa shape index (κ3) is 3.93. The van der Waals surface area contributed by atoms with Crippen LogP contribution in [-0.4, -0.2) is 23.6 Å². The van der Waals surface area contributed by atoms with E-state index in [1.165, 1.54) is 30.5 Å². The first kappa shape index (κ1) is 14.3. The van der Waals surface area contributed by atoms with Crippen LogP contribution in [0.4, 0.5) is 5.69 Å². The van der Waals surface area contributed by atoms with Gasteiger partial charge in [-0.15, -0.1) is 0 Å². The molecule has 1 aliphatic carbocycles. The summed E-state index contributed by atoms with van der Waals surface area (Å²) in [6.45, 7) is 10.9. The summed E-state index contributed by atoms with van der Waals surface area (Å²) >= 11 is 0. The van der Waals surface area contributed by atoms with Crippen molar-refractivity contribution in [3.05, 3.63) is 23.5 Å². The normalized spacial score (nSPS) is 15.0. The third-order valence-corrected chi connectivity index (χ3v) is 3.65. The van der Waals surface area contributed by atoms with Crippen LogP contribution in [0.15, 0.2) is 12.3 Å². The maximum Gasteiger partial charge on any atom is 0.0447 e. The van der Waals surface area contributed by atoms with Gasteiger partial charge in [0, 0.05) is 48.3 Å². The van der Waals surface area contributed by atoms with Gasteiger partial charge in [-0.1, -0.05) is 6.92 Å². The zero-order valence-corrected chi connectivity index (χ0v) is 12.7. The summed E-state index contributed by atoms with van der Waals surface area (Å²) in [5.74, 6) is 0. The van der Waals surface area contributed by atoms with Crippen molar-refractivity contribution >= 4 is 5.69 Å². The molecule has 0 aliphatic heterocycles. The van der Waals surface area contributed by atoms with Crippen LogP contribution in [0.1, 0.15) is 51.3 Å². The van der Waals surface area contributed by atoms with Gasteiger partial charge >= 0.3 is 0 Å². The molecule has 19 heavy (non-hydrogen) atoms. The SMILES string of the molecule is CCCN(c1cc(C)ncc1CNC1CC1)C(C)C. The Hall–Kier alpha value is -1.09. The van der Waals surface area contributed by atoms with Crippen LogP contribution in [0, 0.1) is 6.92 Å². The van der Waals surface area contributed by atoms with Crippen LogP contribution in [-0.2, 0) is 6.54 Å². The van der Waals surface area contributed by atoms with E-state index in [1.807, 2.05) is 6.20 Å². The quantitative estimate of drug-likeness (QED) is 0.816. The molecule has 0 aromatic carbocycles. The molecular weight excluding hydrogens is 234 g/mol. The summed E-state index contributed by atoms with van der Waals surface area (Å²) in [4.78, 5) is 6.97. The van der Waals surface area contributed by atoms with Crippen molar-refractivity contribution in [2.24, 2.45) is 0 Å². The molecule has 1 aliphatic rings. The highest BCUT2D eigenvalue weighted by atomic mass is 15.2. The van der Waals surface area contributed by atoms with Crippen LogP contribution in [0.3, 0.4) is 0 Å². The smallest absolute Gasteiger partial charge is 0.0447 e. The van der Waals surface area contributed by atoms with Crippen LogP contribution in [0.25, 0.3) is 0 Å². The molecule has 1 aromatic heterocycles. The molecule has 1 N–H and O–H groups in total. The Balaban J connectivity index is 2.20. The summed E-state index contributed by atoms with van der Waals surface area (Å²) in [6.07, 6.45) is 5.88. The molecule has 3 heteroatoms. The molecule has 1 saturated carbocycles. The van der Waals surface area contributed by atoms with Gasteiger partial charge in [-0.3, -0.25) is 4.98 Å². The molecule has 0 spiro atoms. The summed E-state index contributed by atoms with van der Waals surface area (Å²) in [7, 11) is 0. The Morgan fingerprint density at radius 2 is 2.16 bits per heavy atom. The molecule has 106 valence electrons. The van der Waals surface area contributed by atoms with Crippen molar-refractivity contribution in [3.8, 4) is 0 Å². The van der Waals surface area contributed by atoms with E-state index in [0.717, 1.165) is 24.8 Å². The fourth-order valence-electron chi connectivity index (χ4n) is 2.42. The van der Waals surface area contributed by atoms with E-state index < -0.39 is 0 Å². The number of aryl methyl sites for hydroxylation is 1. The van der Waals surface area contributed by atoms with Gasteiger partial charge in [0.2, 0.25) is 0 Å². The topological polar surface area (TPSA) is 28.2 Å². The Morgan fingerprint density at radius 3 is 2.74 bits per heavy atom. The number of anilines is 1. The molecule has 0 bridgehead atoms. The van der Waals surface area contributed by atoms with E-state index in [0.29, 0.717) is 6.04 Å². The highest BCUT2D eigenvalue weighted by Gasteiger charge is 2.21. The van der Waals surface area contributed by atoms with Crippen molar-refractivity contribution in [1.82, 2.24) is 10.3 Å². The van der Waals surface area contributed by atoms with Crippen molar-refractivity contribution in [1.29, 1.82) is 0 Å². The summed E-state index contributed by atoms with van der Waals surface area (Å²) in [6, 6.07) is 3.51. The van der Waals surface area contributed by atoms with E-state index in [-0.39, 0.29) is 0 Å². The van der Waals surface area contributed by atoms with E-state index in [1.54, 1.807) is 0 Å². The van der Waals surface area contributed by atoms with E-state index >= 15 is 0 Å². The first-order valence-electron chi connectivity index (χ1n) is 7.57. The number of nitrogens with one attached hydrogen (secondary N) is 1. The van der Waals surface area contributed by atoms with E-state index in [9.17, 15) is 0 Å². The van der Waals surface area contributed by atoms with Gasteiger partial charge in [0.15, 0.2) is 0 Å². The average molecular weight is 261 g/mol. The summed E-state index contributed by atoms with van der Waals surface area (Å²) in [5, 5.41) is 3.60. The zero-order valence-electron chi connectivity index (χ0n) is 12.7. The second kappa shape index (κ2) is 6.38. The molecule has 0 unspecified atom stereocenters. The summed E-state index contributed by atoms with van der Waals surface area (Å²) < 4.78 is 0. The van der Waals surface area contributed by atoms with Crippen LogP contribution >= 0.6 is 0 Å². The first-order chi connectivity index (χ1) is 9.11. The predicted octanol–water partition coefficient (Wildman–Crippen LogP) is 3.27. The zero-order chi connectivity index (χ0) is 13.8. The predicted molar refractivity (Wildman–Crippen MR) is 81.6 cm³/mol. The molecule has 2 rings (SSSR count). The number of pyridine rings is 1. The van der Waals surface area contributed by atoms with E-state index in [2.05, 4.69) is 49.0 Å². The number of nitrogens with zero attached hydrogens (tertiary/aromatic N) is 2. The monoisotopic (exact) mass is 261 g/mol. The maximum atomic E-state index is 4.47. The second-order valence-corrected chi connectivity index (χ2v) is 5.90. The minimum Gasteiger partial charge on any atom is -0.369 e. The van der Waals surface area contributed by atoms with Gasteiger partial charge < -0.3 is 10.2 Å². The maximum absolute atomic E-state index is 4.47. The fraction of sp³-hybridized carbons (Fsp3) is 0.688. The second-order valence-electron chi connectivity index (χ2n) is 5.90. The molecule has 0 atom stereocenters. The Morgan fingerprint density at radius 1 is 1.42 bits per heavy atom. The number of hydrogen-bond acceptors (Lipinski definition) is 3. The van der Waals surface area contributed by atoms with Crippen molar-refractivity contribution < 1.29 is 0 Å². The molecule has 0 amide bonds. The minimum atomic E-state index is 0.529. The number of hydrogen-bond donors (Lipinski definition) is 1. The Labute approximate surface area is 117 Å². The standard InChI is InChI=1S/C16H27N3/c1-5-8-19(12(2)3)16-9-13(4)17-10-14(16)11-18-15-6-7-15/h9-10,12,15,18H,5-8,11H2,1-4H3. The van der Waals surface area contributed by atoms with Crippen LogP contribution in [0.5, 0.6) is 0 Å². The van der Waals surface area contributed by atoms with Crippen molar-refractivity contribution in [2.75, 3.05) is 11.4 Å². The lowest BCUT2D eigenvalue weighted by atomic mass is 10.1. The van der Waals surface area contributed by atoms with Crippen LogP contribution < -0.4 is 10.2 Å². The van der Waals surface area contributed by atoms with E-state index in [4.69, 9.17) is 0 Å². The molecule has 0 saturated heterocycles. The molecule has 1 aromatic rings. The first-order valence-corrected chi connectivity index (χ1v) is 7.57. The average Bonchev–Trinajstić information content (AvgIpc) is 3.18. The minimum absolute atomic E-state index is 0.529. The van der Waals surface area contributed by atoms with Crippen molar-refractivity contribution in [2.45, 2.75) is 65.6 Å². The largest absolute Gasteiger partial charge is 0.369 e. The Kier molecular flexibility index (Phi) is 4.81. The third-order valence-electron chi connectivity index (χ3n) is 3.65. The van der Waals surface area contributed by atoms with Gasteiger partial charge in [0.25, 0.3) is 0 Å². The molecule has 0 radical (unpaired) electrons. The van der Waals surface area contributed by atoms with Gasteiger partial charge in [-0.05, 0) is 46.1 Å². The molecule has 3 nitrogen and oxygen atoms in total. The van der Waals surface area contributed by atoms with Crippen molar-refractivity contribution in [3.63, 3.8) is 0 Å². The van der Waals surface area contributed by atoms with Gasteiger partial charge in [0.05, 0.1) is 0 Å². The van der Waals surface area contributed by atoms with Gasteiger partial charge in [-0.2, -0.15) is 0 Å². The fourth-order valence-corrected chi connectivity index (χ4v) is 2.42. The lowest BCUT2D eigenvalue weighted by Gasteiger charge is -2.31. The number of rotatable bonds is 7. The van der Waals surface area contributed by atoms with Crippen LogP contribution in [0.2, 0.25) is 0 Å². The Bertz CT molecular complexity index is 410. The molecule has 1 fully saturated rings. The molecular formula is C16H27N3. The summed E-state index contributed by atoms with van der Waals surface area (Å²) in [5.41, 5.74) is 3.80. The van der Waals surface area contributed by atoms with Gasteiger partial charge in [0.1, 0.15) is 0 Å². The van der Waals surface area contributed by atoms with Gasteiger partial charge in [-0.25, -0.2) is 0 Å².